The van der Waals surface area contributed by atoms with Crippen molar-refractivity contribution in [2.45, 2.75) is 0 Å². The molecule has 2 aromatic rings. The highest BCUT2D eigenvalue weighted by molar-refractivity contribution is 6.07. The molecule has 0 aliphatic carbocycles. The molecule has 0 aliphatic rings. The molecule has 0 radical (unpaired) electrons. The minimum atomic E-state index is -0.0220. The number of ketones is 1. The first-order chi connectivity index (χ1) is 10.1. The monoisotopic (exact) mass is 281 g/mol. The van der Waals surface area contributed by atoms with Gasteiger partial charge in [0, 0.05) is 25.3 Å². The third-order valence-electron chi connectivity index (χ3n) is 3.21. The number of rotatable bonds is 5. The number of nitrogens with zero attached hydrogens (tertiary/aromatic N) is 1. The molecule has 0 spiro atoms. The number of para-hydroxylation sites is 1. The van der Waals surface area contributed by atoms with E-state index in [1.54, 1.807) is 37.5 Å². The summed E-state index contributed by atoms with van der Waals surface area (Å²) in [5.41, 5.74) is 2.75. The van der Waals surface area contributed by atoms with E-state index in [2.05, 4.69) is 0 Å². The van der Waals surface area contributed by atoms with Crippen LogP contribution in [0.15, 0.2) is 54.6 Å². The van der Waals surface area contributed by atoms with E-state index in [1.165, 1.54) is 0 Å². The highest BCUT2D eigenvalue weighted by Gasteiger charge is 2.04. The SMILES string of the molecule is COc1ccc(C(=O)/C=C/c2ccccc2N(C)C)cc1. The van der Waals surface area contributed by atoms with Gasteiger partial charge in [0.15, 0.2) is 5.78 Å². The second-order valence-electron chi connectivity index (χ2n) is 4.88. The molecular formula is C18H19NO2. The third kappa shape index (κ3) is 3.72. The molecule has 0 saturated carbocycles. The number of carbonyl (C=O) groups excluding carboxylic acids is 1. The summed E-state index contributed by atoms with van der Waals surface area (Å²) in [6.07, 6.45) is 3.45. The van der Waals surface area contributed by atoms with Crippen molar-refractivity contribution < 1.29 is 9.53 Å². The summed E-state index contributed by atoms with van der Waals surface area (Å²) in [5, 5.41) is 0. The van der Waals surface area contributed by atoms with Gasteiger partial charge in [0.05, 0.1) is 7.11 Å². The van der Waals surface area contributed by atoms with Crippen LogP contribution >= 0.6 is 0 Å². The summed E-state index contributed by atoms with van der Waals surface area (Å²) in [6, 6.07) is 15.1. The minimum Gasteiger partial charge on any atom is -0.497 e. The highest BCUT2D eigenvalue weighted by Crippen LogP contribution is 2.20. The zero-order chi connectivity index (χ0) is 15.2. The van der Waals surface area contributed by atoms with Gasteiger partial charge in [0.1, 0.15) is 5.75 Å². The molecule has 0 unspecified atom stereocenters. The topological polar surface area (TPSA) is 29.5 Å². The van der Waals surface area contributed by atoms with Gasteiger partial charge in [-0.1, -0.05) is 18.2 Å². The van der Waals surface area contributed by atoms with Crippen LogP contribution in [0.5, 0.6) is 5.75 Å². The lowest BCUT2D eigenvalue weighted by Crippen LogP contribution is -2.09. The second kappa shape index (κ2) is 6.75. The van der Waals surface area contributed by atoms with E-state index in [-0.39, 0.29) is 5.78 Å². The predicted molar refractivity (Wildman–Crippen MR) is 87.1 cm³/mol. The molecule has 2 rings (SSSR count). The number of hydrogen-bond acceptors (Lipinski definition) is 3. The van der Waals surface area contributed by atoms with Gasteiger partial charge in [-0.05, 0) is 48.0 Å². The summed E-state index contributed by atoms with van der Waals surface area (Å²) in [6.45, 7) is 0. The fourth-order valence-electron chi connectivity index (χ4n) is 2.05. The van der Waals surface area contributed by atoms with E-state index in [0.29, 0.717) is 5.56 Å². The normalized spacial score (nSPS) is 10.6. The standard InChI is InChI=1S/C18H19NO2/c1-19(2)17-7-5-4-6-14(17)10-13-18(20)15-8-11-16(21-3)12-9-15/h4-13H,1-3H3/b13-10+. The molecule has 2 aromatic carbocycles. The molecule has 0 heterocycles. The number of methoxy groups -OCH3 is 1. The molecule has 3 nitrogen and oxygen atoms in total. The van der Waals surface area contributed by atoms with Crippen LogP contribution in [-0.2, 0) is 0 Å². The first kappa shape index (κ1) is 14.9. The molecule has 0 aliphatic heterocycles. The van der Waals surface area contributed by atoms with Crippen molar-refractivity contribution >= 4 is 17.5 Å². The van der Waals surface area contributed by atoms with Crippen LogP contribution in [0.25, 0.3) is 6.08 Å². The van der Waals surface area contributed by atoms with Crippen molar-refractivity contribution in [1.82, 2.24) is 0 Å². The molecule has 0 atom stereocenters. The number of anilines is 1. The Bertz CT molecular complexity index is 643. The molecular weight excluding hydrogens is 262 g/mol. The molecule has 0 fully saturated rings. The Balaban J connectivity index is 2.18. The number of hydrogen-bond donors (Lipinski definition) is 0. The van der Waals surface area contributed by atoms with E-state index < -0.39 is 0 Å². The number of carbonyl (C=O) groups is 1. The van der Waals surface area contributed by atoms with Crippen LogP contribution in [0.1, 0.15) is 15.9 Å². The minimum absolute atomic E-state index is 0.0220. The Morgan fingerprint density at radius 2 is 1.71 bits per heavy atom. The van der Waals surface area contributed by atoms with Crippen LogP contribution < -0.4 is 9.64 Å². The summed E-state index contributed by atoms with van der Waals surface area (Å²) >= 11 is 0. The van der Waals surface area contributed by atoms with Crippen LogP contribution in [0.2, 0.25) is 0 Å². The fraction of sp³-hybridized carbons (Fsp3) is 0.167. The Morgan fingerprint density at radius 1 is 1.05 bits per heavy atom. The summed E-state index contributed by atoms with van der Waals surface area (Å²) < 4.78 is 5.09. The quantitative estimate of drug-likeness (QED) is 0.619. The van der Waals surface area contributed by atoms with Crippen molar-refractivity contribution in [2.75, 3.05) is 26.1 Å². The third-order valence-corrected chi connectivity index (χ3v) is 3.21. The summed E-state index contributed by atoms with van der Waals surface area (Å²) in [4.78, 5) is 14.2. The maximum absolute atomic E-state index is 12.2. The molecule has 108 valence electrons. The lowest BCUT2D eigenvalue weighted by atomic mass is 10.1. The Labute approximate surface area is 125 Å². The molecule has 3 heteroatoms. The molecule has 0 amide bonds. The predicted octanol–water partition coefficient (Wildman–Crippen LogP) is 3.66. The van der Waals surface area contributed by atoms with Crippen molar-refractivity contribution in [2.24, 2.45) is 0 Å². The first-order valence-corrected chi connectivity index (χ1v) is 6.74. The van der Waals surface area contributed by atoms with Crippen molar-refractivity contribution in [3.63, 3.8) is 0 Å². The zero-order valence-corrected chi connectivity index (χ0v) is 12.5. The van der Waals surface area contributed by atoms with Crippen LogP contribution in [0, 0.1) is 0 Å². The van der Waals surface area contributed by atoms with Gasteiger partial charge in [-0.3, -0.25) is 4.79 Å². The zero-order valence-electron chi connectivity index (χ0n) is 12.5. The lowest BCUT2D eigenvalue weighted by Gasteiger charge is -2.15. The van der Waals surface area contributed by atoms with Gasteiger partial charge in [-0.25, -0.2) is 0 Å². The van der Waals surface area contributed by atoms with Gasteiger partial charge in [-0.2, -0.15) is 0 Å². The Hall–Kier alpha value is -2.55. The van der Waals surface area contributed by atoms with Crippen molar-refractivity contribution in [3.05, 3.63) is 65.7 Å². The Kier molecular flexibility index (Phi) is 4.77. The van der Waals surface area contributed by atoms with Gasteiger partial charge in [0.25, 0.3) is 0 Å². The van der Waals surface area contributed by atoms with Gasteiger partial charge < -0.3 is 9.64 Å². The van der Waals surface area contributed by atoms with Gasteiger partial charge in [-0.15, -0.1) is 0 Å². The number of benzene rings is 2. The highest BCUT2D eigenvalue weighted by atomic mass is 16.5. The van der Waals surface area contributed by atoms with Gasteiger partial charge in [0.2, 0.25) is 0 Å². The van der Waals surface area contributed by atoms with Crippen molar-refractivity contribution in [3.8, 4) is 5.75 Å². The lowest BCUT2D eigenvalue weighted by molar-refractivity contribution is 0.104. The van der Waals surface area contributed by atoms with E-state index in [4.69, 9.17) is 4.74 Å². The largest absolute Gasteiger partial charge is 0.497 e. The van der Waals surface area contributed by atoms with Crippen LogP contribution in [0.4, 0.5) is 5.69 Å². The molecule has 0 saturated heterocycles. The van der Waals surface area contributed by atoms with Crippen molar-refractivity contribution in [1.29, 1.82) is 0 Å². The van der Waals surface area contributed by atoms with E-state index in [0.717, 1.165) is 17.0 Å². The molecule has 21 heavy (non-hydrogen) atoms. The van der Waals surface area contributed by atoms with E-state index in [9.17, 15) is 4.79 Å². The average Bonchev–Trinajstić information content (AvgIpc) is 2.52. The van der Waals surface area contributed by atoms with E-state index in [1.807, 2.05) is 49.3 Å². The summed E-state index contributed by atoms with van der Waals surface area (Å²) in [7, 11) is 5.57. The molecule has 0 aromatic heterocycles. The maximum Gasteiger partial charge on any atom is 0.185 e. The first-order valence-electron chi connectivity index (χ1n) is 6.74. The van der Waals surface area contributed by atoms with E-state index >= 15 is 0 Å². The maximum atomic E-state index is 12.2. The van der Waals surface area contributed by atoms with Crippen LogP contribution in [0.3, 0.4) is 0 Å². The summed E-state index contributed by atoms with van der Waals surface area (Å²) in [5.74, 6) is 0.722. The molecule has 0 N–H and O–H groups in total. The number of allylic oxidation sites excluding steroid dienone is 1. The number of ether oxygens (including phenoxy) is 1. The van der Waals surface area contributed by atoms with Gasteiger partial charge >= 0.3 is 0 Å². The smallest absolute Gasteiger partial charge is 0.185 e. The van der Waals surface area contributed by atoms with Crippen LogP contribution in [-0.4, -0.2) is 27.0 Å². The average molecular weight is 281 g/mol. The Morgan fingerprint density at radius 3 is 2.33 bits per heavy atom. The second-order valence-corrected chi connectivity index (χ2v) is 4.88. The fourth-order valence-corrected chi connectivity index (χ4v) is 2.05. The molecule has 0 bridgehead atoms.